The molecule has 0 spiro atoms. The molecule has 0 unspecified atom stereocenters. The third-order valence-electron chi connectivity index (χ3n) is 2.58. The van der Waals surface area contributed by atoms with Gasteiger partial charge in [-0.15, -0.1) is 0 Å². The molecule has 0 aromatic heterocycles. The predicted molar refractivity (Wildman–Crippen MR) is 86.2 cm³/mol. The summed E-state index contributed by atoms with van der Waals surface area (Å²) in [7, 11) is -3.51. The maximum atomic E-state index is 11.9. The molecule has 0 aliphatic rings. The van der Waals surface area contributed by atoms with E-state index in [9.17, 15) is 13.2 Å². The molecule has 0 heterocycles. The van der Waals surface area contributed by atoms with E-state index in [0.29, 0.717) is 10.7 Å². The molecule has 1 amide bonds. The summed E-state index contributed by atoms with van der Waals surface area (Å²) in [5.41, 5.74) is 0.0300. The van der Waals surface area contributed by atoms with Crippen molar-refractivity contribution in [2.45, 2.75) is 32.7 Å². The number of hydrogen-bond acceptors (Lipinski definition) is 3. The Morgan fingerprint density at radius 2 is 1.86 bits per heavy atom. The molecule has 0 aliphatic heterocycles. The fourth-order valence-corrected chi connectivity index (χ4v) is 3.03. The molecule has 0 atom stereocenters. The molecule has 0 radical (unpaired) electrons. The number of anilines is 1. The van der Waals surface area contributed by atoms with Crippen molar-refractivity contribution in [1.82, 2.24) is 5.32 Å². The number of carbonyl (C=O) groups excluding carboxylic acids is 1. The molecular weight excluding hydrogens is 312 g/mol. The fourth-order valence-electron chi connectivity index (χ4n) is 1.80. The van der Waals surface area contributed by atoms with Crippen molar-refractivity contribution in [3.63, 3.8) is 0 Å². The van der Waals surface area contributed by atoms with E-state index in [0.717, 1.165) is 10.6 Å². The first-order valence-corrected chi connectivity index (χ1v) is 8.76. The van der Waals surface area contributed by atoms with Gasteiger partial charge in [-0.25, -0.2) is 8.42 Å². The summed E-state index contributed by atoms with van der Waals surface area (Å²) in [5, 5.41) is 3.13. The molecule has 1 rings (SSSR count). The Morgan fingerprint density at radius 1 is 1.29 bits per heavy atom. The van der Waals surface area contributed by atoms with Crippen molar-refractivity contribution >= 4 is 33.2 Å². The standard InChI is InChI=1S/C14H21ClN2O3S/c1-14(2,3)16-13(18)9-10-17(21(4,19)20)12-8-6-5-7-11(12)15/h5-8H,9-10H2,1-4H3,(H,16,18). The van der Waals surface area contributed by atoms with Crippen LogP contribution < -0.4 is 9.62 Å². The first kappa shape index (κ1) is 17.8. The third kappa shape index (κ3) is 5.93. The number of sulfonamides is 1. The second-order valence-corrected chi connectivity index (χ2v) is 8.15. The molecule has 7 heteroatoms. The Morgan fingerprint density at radius 3 is 2.33 bits per heavy atom. The zero-order valence-corrected chi connectivity index (χ0v) is 14.3. The predicted octanol–water partition coefficient (Wildman–Crippen LogP) is 2.41. The number of rotatable bonds is 5. The molecular formula is C14H21ClN2O3S. The molecule has 5 nitrogen and oxygen atoms in total. The molecule has 1 aromatic carbocycles. The number of carbonyl (C=O) groups is 1. The summed E-state index contributed by atoms with van der Waals surface area (Å²) in [6.45, 7) is 5.65. The highest BCUT2D eigenvalue weighted by atomic mass is 35.5. The summed E-state index contributed by atoms with van der Waals surface area (Å²) in [6, 6.07) is 6.66. The Kier molecular flexibility index (Phi) is 5.64. The Hall–Kier alpha value is -1.27. The lowest BCUT2D eigenvalue weighted by molar-refractivity contribution is -0.122. The largest absolute Gasteiger partial charge is 0.351 e. The van der Waals surface area contributed by atoms with Crippen LogP contribution in [0.4, 0.5) is 5.69 Å². The van der Waals surface area contributed by atoms with Crippen molar-refractivity contribution in [2.24, 2.45) is 0 Å². The van der Waals surface area contributed by atoms with E-state index in [1.165, 1.54) is 0 Å². The SMILES string of the molecule is CC(C)(C)NC(=O)CCN(c1ccccc1Cl)S(C)(=O)=O. The molecule has 0 saturated heterocycles. The topological polar surface area (TPSA) is 66.5 Å². The lowest BCUT2D eigenvalue weighted by Gasteiger charge is -2.25. The van der Waals surface area contributed by atoms with Crippen LogP contribution in [0.5, 0.6) is 0 Å². The van der Waals surface area contributed by atoms with Crippen LogP contribution in [0, 0.1) is 0 Å². The van der Waals surface area contributed by atoms with E-state index in [4.69, 9.17) is 11.6 Å². The van der Waals surface area contributed by atoms with Gasteiger partial charge in [0.2, 0.25) is 15.9 Å². The first-order valence-electron chi connectivity index (χ1n) is 6.54. The van der Waals surface area contributed by atoms with Gasteiger partial charge in [-0.1, -0.05) is 23.7 Å². The average molecular weight is 333 g/mol. The van der Waals surface area contributed by atoms with E-state index in [1.807, 2.05) is 20.8 Å². The zero-order valence-electron chi connectivity index (χ0n) is 12.7. The maximum absolute atomic E-state index is 11.9. The Bertz CT molecular complexity index is 609. The monoisotopic (exact) mass is 332 g/mol. The van der Waals surface area contributed by atoms with Crippen molar-refractivity contribution in [1.29, 1.82) is 0 Å². The normalized spacial score (nSPS) is 12.0. The zero-order chi connectivity index (χ0) is 16.3. The van der Waals surface area contributed by atoms with Crippen LogP contribution in [0.25, 0.3) is 0 Å². The third-order valence-corrected chi connectivity index (χ3v) is 4.08. The molecule has 21 heavy (non-hydrogen) atoms. The van der Waals surface area contributed by atoms with Crippen LogP contribution in [-0.2, 0) is 14.8 Å². The van der Waals surface area contributed by atoms with Gasteiger partial charge in [-0.2, -0.15) is 0 Å². The van der Waals surface area contributed by atoms with E-state index in [2.05, 4.69) is 5.32 Å². The summed E-state index contributed by atoms with van der Waals surface area (Å²) < 4.78 is 25.0. The molecule has 118 valence electrons. The fraction of sp³-hybridized carbons (Fsp3) is 0.500. The number of nitrogens with one attached hydrogen (secondary N) is 1. The van der Waals surface area contributed by atoms with Crippen molar-refractivity contribution in [3.8, 4) is 0 Å². The number of nitrogens with zero attached hydrogens (tertiary/aromatic N) is 1. The number of benzene rings is 1. The highest BCUT2D eigenvalue weighted by Crippen LogP contribution is 2.27. The Labute approximate surface area is 131 Å². The summed E-state index contributed by atoms with van der Waals surface area (Å²) in [6.07, 6.45) is 1.16. The summed E-state index contributed by atoms with van der Waals surface area (Å²) >= 11 is 6.04. The van der Waals surface area contributed by atoms with Gasteiger partial charge in [-0.05, 0) is 32.9 Å². The van der Waals surface area contributed by atoms with Crippen molar-refractivity contribution < 1.29 is 13.2 Å². The molecule has 0 bridgehead atoms. The maximum Gasteiger partial charge on any atom is 0.232 e. The van der Waals surface area contributed by atoms with Gasteiger partial charge in [0.25, 0.3) is 0 Å². The number of amides is 1. The van der Waals surface area contributed by atoms with Gasteiger partial charge in [-0.3, -0.25) is 9.10 Å². The van der Waals surface area contributed by atoms with Crippen LogP contribution in [-0.4, -0.2) is 32.7 Å². The van der Waals surface area contributed by atoms with E-state index >= 15 is 0 Å². The smallest absolute Gasteiger partial charge is 0.232 e. The van der Waals surface area contributed by atoms with Gasteiger partial charge < -0.3 is 5.32 Å². The number of halogens is 1. The van der Waals surface area contributed by atoms with Gasteiger partial charge in [0.15, 0.2) is 0 Å². The van der Waals surface area contributed by atoms with Crippen LogP contribution in [0.2, 0.25) is 5.02 Å². The number of hydrogen-bond donors (Lipinski definition) is 1. The minimum atomic E-state index is -3.51. The summed E-state index contributed by atoms with van der Waals surface area (Å²) in [5.74, 6) is -0.205. The van der Waals surface area contributed by atoms with E-state index in [-0.39, 0.29) is 24.4 Å². The van der Waals surface area contributed by atoms with Gasteiger partial charge >= 0.3 is 0 Å². The average Bonchev–Trinajstić information content (AvgIpc) is 2.27. The van der Waals surface area contributed by atoms with Crippen molar-refractivity contribution in [2.75, 3.05) is 17.1 Å². The highest BCUT2D eigenvalue weighted by Gasteiger charge is 2.21. The van der Waals surface area contributed by atoms with Gasteiger partial charge in [0.1, 0.15) is 0 Å². The molecule has 1 aromatic rings. The lowest BCUT2D eigenvalue weighted by Crippen LogP contribution is -2.42. The van der Waals surface area contributed by atoms with Gasteiger partial charge in [0, 0.05) is 18.5 Å². The summed E-state index contributed by atoms with van der Waals surface area (Å²) in [4.78, 5) is 11.8. The first-order chi connectivity index (χ1) is 9.50. The van der Waals surface area contributed by atoms with Crippen LogP contribution >= 0.6 is 11.6 Å². The second-order valence-electron chi connectivity index (χ2n) is 5.83. The minimum Gasteiger partial charge on any atom is -0.351 e. The van der Waals surface area contributed by atoms with Crippen LogP contribution in [0.3, 0.4) is 0 Å². The minimum absolute atomic E-state index is 0.0461. The molecule has 0 aliphatic carbocycles. The van der Waals surface area contributed by atoms with Crippen molar-refractivity contribution in [3.05, 3.63) is 29.3 Å². The molecule has 1 N–H and O–H groups in total. The van der Waals surface area contributed by atoms with E-state index in [1.54, 1.807) is 24.3 Å². The molecule has 0 saturated carbocycles. The van der Waals surface area contributed by atoms with E-state index < -0.39 is 10.0 Å². The second kappa shape index (κ2) is 6.66. The molecule has 0 fully saturated rings. The number of para-hydroxylation sites is 1. The van der Waals surface area contributed by atoms with Gasteiger partial charge in [0.05, 0.1) is 17.0 Å². The lowest BCUT2D eigenvalue weighted by atomic mass is 10.1. The van der Waals surface area contributed by atoms with Crippen LogP contribution in [0.15, 0.2) is 24.3 Å². The van der Waals surface area contributed by atoms with Crippen LogP contribution in [0.1, 0.15) is 27.2 Å². The highest BCUT2D eigenvalue weighted by molar-refractivity contribution is 7.92. The Balaban J connectivity index is 2.88. The quantitative estimate of drug-likeness (QED) is 0.900.